The molecule has 0 radical (unpaired) electrons. The molecular formula is C10H11F3N2O2S. The van der Waals surface area contributed by atoms with Gasteiger partial charge in [0.1, 0.15) is 0 Å². The SMILES string of the molecule is O=S(=O)(NCc1ccc2c(c1)CNC2)C(F)(F)F. The van der Waals surface area contributed by atoms with E-state index in [9.17, 15) is 21.6 Å². The number of fused-ring (bicyclic) bond motifs is 1. The first kappa shape index (κ1) is 13.3. The largest absolute Gasteiger partial charge is 0.511 e. The quantitative estimate of drug-likeness (QED) is 0.875. The van der Waals surface area contributed by atoms with E-state index in [0.29, 0.717) is 12.1 Å². The Hall–Kier alpha value is -1.12. The van der Waals surface area contributed by atoms with Crippen LogP contribution in [0.3, 0.4) is 0 Å². The lowest BCUT2D eigenvalue weighted by Gasteiger charge is -2.10. The van der Waals surface area contributed by atoms with Crippen LogP contribution in [0.15, 0.2) is 18.2 Å². The summed E-state index contributed by atoms with van der Waals surface area (Å²) < 4.78 is 59.4. The number of nitrogens with one attached hydrogen (secondary N) is 2. The molecule has 0 bridgehead atoms. The second-order valence-corrected chi connectivity index (χ2v) is 5.74. The first-order valence-electron chi connectivity index (χ1n) is 5.17. The second-order valence-electron chi connectivity index (χ2n) is 3.98. The number of benzene rings is 1. The Balaban J connectivity index is 2.08. The van der Waals surface area contributed by atoms with E-state index in [2.05, 4.69) is 5.32 Å². The number of alkyl halides is 3. The van der Waals surface area contributed by atoms with Crippen molar-refractivity contribution >= 4 is 10.0 Å². The van der Waals surface area contributed by atoms with Gasteiger partial charge in [-0.3, -0.25) is 0 Å². The van der Waals surface area contributed by atoms with Crippen LogP contribution in [-0.4, -0.2) is 13.9 Å². The van der Waals surface area contributed by atoms with Crippen LogP contribution in [0.5, 0.6) is 0 Å². The minimum absolute atomic E-state index is 0.366. The first-order chi connectivity index (χ1) is 8.29. The van der Waals surface area contributed by atoms with Crippen molar-refractivity contribution in [3.8, 4) is 0 Å². The molecule has 0 saturated carbocycles. The number of hydrogen-bond donors (Lipinski definition) is 2. The Morgan fingerprint density at radius 1 is 1.22 bits per heavy atom. The fraction of sp³-hybridized carbons (Fsp3) is 0.400. The summed E-state index contributed by atoms with van der Waals surface area (Å²) in [7, 11) is -5.28. The maximum absolute atomic E-state index is 12.1. The van der Waals surface area contributed by atoms with Gasteiger partial charge >= 0.3 is 15.5 Å². The van der Waals surface area contributed by atoms with E-state index >= 15 is 0 Å². The zero-order chi connectivity index (χ0) is 13.4. The Kier molecular flexibility index (Phi) is 3.35. The van der Waals surface area contributed by atoms with E-state index < -0.39 is 15.5 Å². The van der Waals surface area contributed by atoms with Gasteiger partial charge in [-0.2, -0.15) is 13.2 Å². The molecule has 0 aliphatic carbocycles. The Labute approximate surface area is 102 Å². The van der Waals surface area contributed by atoms with E-state index in [1.165, 1.54) is 4.72 Å². The molecule has 100 valence electrons. The van der Waals surface area contributed by atoms with Gasteiger partial charge in [0, 0.05) is 19.6 Å². The van der Waals surface area contributed by atoms with Gasteiger partial charge < -0.3 is 5.32 Å². The number of sulfonamides is 1. The predicted octanol–water partition coefficient (Wildman–Crippen LogP) is 1.23. The van der Waals surface area contributed by atoms with E-state index in [0.717, 1.165) is 17.7 Å². The molecule has 8 heteroatoms. The van der Waals surface area contributed by atoms with Crippen LogP contribution < -0.4 is 10.0 Å². The molecule has 2 N–H and O–H groups in total. The lowest BCUT2D eigenvalue weighted by Crippen LogP contribution is -2.36. The molecule has 0 amide bonds. The summed E-state index contributed by atoms with van der Waals surface area (Å²) in [6.45, 7) is 1.01. The molecule has 0 atom stereocenters. The molecule has 1 heterocycles. The highest BCUT2D eigenvalue weighted by molar-refractivity contribution is 7.90. The standard InChI is InChI=1S/C10H11F3N2O2S/c11-10(12,13)18(16,17)15-4-7-1-2-8-5-14-6-9(8)3-7/h1-3,14-15H,4-6H2. The molecular weight excluding hydrogens is 269 g/mol. The Morgan fingerprint density at radius 3 is 2.56 bits per heavy atom. The molecule has 1 aliphatic rings. The smallest absolute Gasteiger partial charge is 0.309 e. The van der Waals surface area contributed by atoms with Crippen LogP contribution in [-0.2, 0) is 29.7 Å². The zero-order valence-electron chi connectivity index (χ0n) is 9.21. The maximum Gasteiger partial charge on any atom is 0.511 e. The lowest BCUT2D eigenvalue weighted by atomic mass is 10.1. The molecule has 0 fully saturated rings. The van der Waals surface area contributed by atoms with Crippen LogP contribution in [0.1, 0.15) is 16.7 Å². The van der Waals surface area contributed by atoms with E-state index in [1.54, 1.807) is 18.2 Å². The third kappa shape index (κ3) is 2.65. The summed E-state index contributed by atoms with van der Waals surface area (Å²) in [5.41, 5.74) is -2.70. The molecule has 1 aromatic rings. The molecule has 0 saturated heterocycles. The average molecular weight is 280 g/mol. The van der Waals surface area contributed by atoms with Crippen molar-refractivity contribution in [3.05, 3.63) is 34.9 Å². The number of rotatable bonds is 3. The minimum Gasteiger partial charge on any atom is -0.309 e. The van der Waals surface area contributed by atoms with Crippen molar-refractivity contribution in [1.29, 1.82) is 0 Å². The maximum atomic E-state index is 12.1. The lowest BCUT2D eigenvalue weighted by molar-refractivity contribution is -0.0448. The first-order valence-corrected chi connectivity index (χ1v) is 6.65. The van der Waals surface area contributed by atoms with Crippen molar-refractivity contribution < 1.29 is 21.6 Å². The highest BCUT2D eigenvalue weighted by Crippen LogP contribution is 2.22. The van der Waals surface area contributed by atoms with Gasteiger partial charge in [-0.1, -0.05) is 18.2 Å². The summed E-state index contributed by atoms with van der Waals surface area (Å²) >= 11 is 0. The number of halogens is 3. The van der Waals surface area contributed by atoms with Gasteiger partial charge in [-0.15, -0.1) is 0 Å². The van der Waals surface area contributed by atoms with Crippen molar-refractivity contribution in [2.75, 3.05) is 0 Å². The Morgan fingerprint density at radius 2 is 1.89 bits per heavy atom. The molecule has 0 spiro atoms. The van der Waals surface area contributed by atoms with Crippen LogP contribution in [0, 0.1) is 0 Å². The summed E-state index contributed by atoms with van der Waals surface area (Å²) in [5.74, 6) is 0. The highest BCUT2D eigenvalue weighted by atomic mass is 32.2. The third-order valence-electron chi connectivity index (χ3n) is 2.67. The molecule has 0 aromatic heterocycles. The van der Waals surface area contributed by atoms with E-state index in [1.807, 2.05) is 0 Å². The summed E-state index contributed by atoms with van der Waals surface area (Å²) in [6, 6.07) is 5.10. The summed E-state index contributed by atoms with van der Waals surface area (Å²) in [6.07, 6.45) is 0. The fourth-order valence-electron chi connectivity index (χ4n) is 1.72. The number of hydrogen-bond acceptors (Lipinski definition) is 3. The van der Waals surface area contributed by atoms with Crippen LogP contribution in [0.25, 0.3) is 0 Å². The van der Waals surface area contributed by atoms with E-state index in [4.69, 9.17) is 0 Å². The monoisotopic (exact) mass is 280 g/mol. The molecule has 2 rings (SSSR count). The molecule has 4 nitrogen and oxygen atoms in total. The van der Waals surface area contributed by atoms with Crippen molar-refractivity contribution in [2.24, 2.45) is 0 Å². The van der Waals surface area contributed by atoms with Crippen LogP contribution >= 0.6 is 0 Å². The Bertz CT molecular complexity index is 555. The van der Waals surface area contributed by atoms with Gasteiger partial charge in [0.25, 0.3) is 0 Å². The predicted molar refractivity (Wildman–Crippen MR) is 58.8 cm³/mol. The molecule has 0 unspecified atom stereocenters. The van der Waals surface area contributed by atoms with Gasteiger partial charge in [0.15, 0.2) is 0 Å². The van der Waals surface area contributed by atoms with Crippen molar-refractivity contribution in [2.45, 2.75) is 25.1 Å². The van der Waals surface area contributed by atoms with Crippen molar-refractivity contribution in [1.82, 2.24) is 10.0 Å². The topological polar surface area (TPSA) is 58.2 Å². The van der Waals surface area contributed by atoms with Crippen LogP contribution in [0.4, 0.5) is 13.2 Å². The van der Waals surface area contributed by atoms with Gasteiger partial charge in [-0.05, 0) is 16.7 Å². The second kappa shape index (κ2) is 4.52. The van der Waals surface area contributed by atoms with Gasteiger partial charge in [0.05, 0.1) is 0 Å². The summed E-state index contributed by atoms with van der Waals surface area (Å²) in [5, 5.41) is 3.09. The summed E-state index contributed by atoms with van der Waals surface area (Å²) in [4.78, 5) is 0. The average Bonchev–Trinajstić information content (AvgIpc) is 2.71. The molecule has 18 heavy (non-hydrogen) atoms. The van der Waals surface area contributed by atoms with Gasteiger partial charge in [0.2, 0.25) is 0 Å². The minimum atomic E-state index is -5.28. The third-order valence-corrected chi connectivity index (χ3v) is 3.81. The highest BCUT2D eigenvalue weighted by Gasteiger charge is 2.45. The van der Waals surface area contributed by atoms with E-state index in [-0.39, 0.29) is 6.54 Å². The fourth-order valence-corrected chi connectivity index (χ4v) is 2.24. The van der Waals surface area contributed by atoms with Crippen molar-refractivity contribution in [3.63, 3.8) is 0 Å². The normalized spacial score (nSPS) is 15.7. The van der Waals surface area contributed by atoms with Gasteiger partial charge in [-0.25, -0.2) is 13.1 Å². The zero-order valence-corrected chi connectivity index (χ0v) is 10.0. The molecule has 1 aromatic carbocycles. The van der Waals surface area contributed by atoms with Crippen LogP contribution in [0.2, 0.25) is 0 Å². The molecule has 1 aliphatic heterocycles.